The van der Waals surface area contributed by atoms with Gasteiger partial charge in [0.05, 0.1) is 6.61 Å². The third-order valence-electron chi connectivity index (χ3n) is 6.00. The average Bonchev–Trinajstić information content (AvgIpc) is 2.81. The highest BCUT2D eigenvalue weighted by Gasteiger charge is 2.23. The number of aromatic nitrogens is 3. The molecule has 0 saturated heterocycles. The van der Waals surface area contributed by atoms with Crippen LogP contribution in [-0.4, -0.2) is 39.1 Å². The molecule has 0 spiro atoms. The zero-order valence-corrected chi connectivity index (χ0v) is 18.9. The standard InChI is InChI=1S/C25H26ClN3O4/c26-21-8-4-7-20(13-21)23-24(19-5-2-1-3-6-19)28-29(25(32)27-23)14-17-9-11-18(12-10-17)15-33-16-22(30)31/h1-8,13,17-18H,9-12,14-16H2,(H,30,31). The van der Waals surface area contributed by atoms with E-state index in [2.05, 4.69) is 4.98 Å². The number of hydrogen-bond donors (Lipinski definition) is 1. The molecule has 8 heteroatoms. The molecule has 1 aromatic heterocycles. The third kappa shape index (κ3) is 6.06. The summed E-state index contributed by atoms with van der Waals surface area (Å²) in [6.45, 7) is 0.710. The Morgan fingerprint density at radius 3 is 2.39 bits per heavy atom. The van der Waals surface area contributed by atoms with Crippen molar-refractivity contribution in [3.05, 3.63) is 70.1 Å². The molecule has 0 atom stereocenters. The molecular weight excluding hydrogens is 442 g/mol. The molecule has 4 rings (SSSR count). The quantitative estimate of drug-likeness (QED) is 0.523. The zero-order valence-electron chi connectivity index (χ0n) is 18.2. The predicted molar refractivity (Wildman–Crippen MR) is 126 cm³/mol. The number of aliphatic carboxylic acids is 1. The van der Waals surface area contributed by atoms with Gasteiger partial charge in [-0.2, -0.15) is 10.1 Å². The fraction of sp³-hybridized carbons (Fsp3) is 0.360. The first-order valence-corrected chi connectivity index (χ1v) is 11.5. The van der Waals surface area contributed by atoms with Crippen LogP contribution < -0.4 is 5.69 Å². The number of carbonyl (C=O) groups is 1. The number of ether oxygens (including phenoxy) is 1. The second kappa shape index (κ2) is 10.7. The molecule has 7 nitrogen and oxygen atoms in total. The lowest BCUT2D eigenvalue weighted by molar-refractivity contribution is -0.142. The van der Waals surface area contributed by atoms with E-state index in [4.69, 9.17) is 26.5 Å². The average molecular weight is 468 g/mol. The van der Waals surface area contributed by atoms with Crippen molar-refractivity contribution in [1.82, 2.24) is 14.8 Å². The maximum atomic E-state index is 12.9. The topological polar surface area (TPSA) is 94.3 Å². The lowest BCUT2D eigenvalue weighted by Gasteiger charge is -2.28. The molecule has 2 aromatic carbocycles. The van der Waals surface area contributed by atoms with E-state index in [0.717, 1.165) is 36.8 Å². The van der Waals surface area contributed by atoms with Crippen LogP contribution in [0.25, 0.3) is 22.5 Å². The number of benzene rings is 2. The van der Waals surface area contributed by atoms with E-state index in [9.17, 15) is 9.59 Å². The van der Waals surface area contributed by atoms with Gasteiger partial charge in [-0.1, -0.05) is 54.1 Å². The SMILES string of the molecule is O=C(O)COCC1CCC(Cn2nc(-c3ccccc3)c(-c3cccc(Cl)c3)nc2=O)CC1. The van der Waals surface area contributed by atoms with Gasteiger partial charge >= 0.3 is 11.7 Å². The summed E-state index contributed by atoms with van der Waals surface area (Å²) in [5.74, 6) is -0.279. The first-order valence-electron chi connectivity index (χ1n) is 11.1. The van der Waals surface area contributed by atoms with E-state index in [1.807, 2.05) is 42.5 Å². The summed E-state index contributed by atoms with van der Waals surface area (Å²) in [7, 11) is 0. The Kier molecular flexibility index (Phi) is 7.52. The van der Waals surface area contributed by atoms with Gasteiger partial charge in [-0.25, -0.2) is 14.3 Å². The number of carboxylic acids is 1. The van der Waals surface area contributed by atoms with Crippen molar-refractivity contribution in [2.75, 3.05) is 13.2 Å². The van der Waals surface area contributed by atoms with Crippen LogP contribution in [0.4, 0.5) is 0 Å². The molecule has 33 heavy (non-hydrogen) atoms. The minimum absolute atomic E-state index is 0.258. The van der Waals surface area contributed by atoms with E-state index in [-0.39, 0.29) is 12.3 Å². The minimum atomic E-state index is -0.947. The van der Waals surface area contributed by atoms with Crippen molar-refractivity contribution in [2.24, 2.45) is 11.8 Å². The van der Waals surface area contributed by atoms with Crippen LogP contribution in [0.3, 0.4) is 0 Å². The van der Waals surface area contributed by atoms with Gasteiger partial charge in [-0.05, 0) is 49.7 Å². The second-order valence-electron chi connectivity index (χ2n) is 8.45. The Hall–Kier alpha value is -3.03. The molecule has 1 aliphatic carbocycles. The summed E-state index contributed by atoms with van der Waals surface area (Å²) in [6.07, 6.45) is 3.76. The Labute approximate surface area is 197 Å². The largest absolute Gasteiger partial charge is 0.480 e. The Morgan fingerprint density at radius 1 is 1.00 bits per heavy atom. The summed E-state index contributed by atoms with van der Waals surface area (Å²) in [4.78, 5) is 27.9. The van der Waals surface area contributed by atoms with Crippen LogP contribution in [0.5, 0.6) is 0 Å². The summed E-state index contributed by atoms with van der Waals surface area (Å²) >= 11 is 6.18. The molecule has 3 aromatic rings. The van der Waals surface area contributed by atoms with Crippen molar-refractivity contribution in [3.8, 4) is 22.5 Å². The summed E-state index contributed by atoms with van der Waals surface area (Å²) in [5, 5.41) is 14.0. The third-order valence-corrected chi connectivity index (χ3v) is 6.23. The van der Waals surface area contributed by atoms with E-state index >= 15 is 0 Å². The summed E-state index contributed by atoms with van der Waals surface area (Å²) < 4.78 is 6.72. The fourth-order valence-electron chi connectivity index (χ4n) is 4.30. The predicted octanol–water partition coefficient (Wildman–Crippen LogP) is 4.53. The molecule has 0 unspecified atom stereocenters. The van der Waals surface area contributed by atoms with Gasteiger partial charge in [0.25, 0.3) is 0 Å². The Bertz CT molecular complexity index is 1160. The molecule has 1 N–H and O–H groups in total. The van der Waals surface area contributed by atoms with Crippen LogP contribution >= 0.6 is 11.6 Å². The highest BCUT2D eigenvalue weighted by molar-refractivity contribution is 6.30. The van der Waals surface area contributed by atoms with Crippen molar-refractivity contribution in [1.29, 1.82) is 0 Å². The minimum Gasteiger partial charge on any atom is -0.480 e. The molecule has 0 amide bonds. The molecule has 1 saturated carbocycles. The van der Waals surface area contributed by atoms with E-state index in [1.54, 1.807) is 12.1 Å². The Balaban J connectivity index is 1.54. The van der Waals surface area contributed by atoms with E-state index in [0.29, 0.717) is 41.4 Å². The molecular formula is C25H26ClN3O4. The van der Waals surface area contributed by atoms with Crippen molar-refractivity contribution in [3.63, 3.8) is 0 Å². The smallest absolute Gasteiger partial charge is 0.364 e. The van der Waals surface area contributed by atoms with Crippen molar-refractivity contribution >= 4 is 17.6 Å². The summed E-state index contributed by atoms with van der Waals surface area (Å²) in [5.41, 5.74) is 2.42. The maximum Gasteiger partial charge on any atom is 0.364 e. The van der Waals surface area contributed by atoms with Gasteiger partial charge in [0.1, 0.15) is 18.0 Å². The Morgan fingerprint density at radius 2 is 1.70 bits per heavy atom. The highest BCUT2D eigenvalue weighted by atomic mass is 35.5. The molecule has 0 aliphatic heterocycles. The number of hydrogen-bond acceptors (Lipinski definition) is 5. The zero-order chi connectivity index (χ0) is 23.2. The monoisotopic (exact) mass is 467 g/mol. The van der Waals surface area contributed by atoms with Crippen molar-refractivity contribution < 1.29 is 14.6 Å². The molecule has 172 valence electrons. The lowest BCUT2D eigenvalue weighted by atomic mass is 9.82. The van der Waals surface area contributed by atoms with Gasteiger partial charge in [0, 0.05) is 22.7 Å². The molecule has 1 heterocycles. The van der Waals surface area contributed by atoms with Gasteiger partial charge < -0.3 is 9.84 Å². The summed E-state index contributed by atoms with van der Waals surface area (Å²) in [6, 6.07) is 17.0. The van der Waals surface area contributed by atoms with Crippen LogP contribution in [0.15, 0.2) is 59.4 Å². The number of nitrogens with zero attached hydrogens (tertiary/aromatic N) is 3. The first-order chi connectivity index (χ1) is 16.0. The first kappa shape index (κ1) is 23.1. The van der Waals surface area contributed by atoms with Crippen LogP contribution in [0.1, 0.15) is 25.7 Å². The van der Waals surface area contributed by atoms with E-state index < -0.39 is 5.97 Å². The molecule has 0 bridgehead atoms. The fourth-order valence-corrected chi connectivity index (χ4v) is 4.49. The normalized spacial score (nSPS) is 18.2. The van der Waals surface area contributed by atoms with E-state index in [1.165, 1.54) is 4.68 Å². The molecule has 0 radical (unpaired) electrons. The van der Waals surface area contributed by atoms with Crippen LogP contribution in [-0.2, 0) is 16.1 Å². The van der Waals surface area contributed by atoms with Crippen LogP contribution in [0.2, 0.25) is 5.02 Å². The maximum absolute atomic E-state index is 12.9. The molecule has 1 aliphatic rings. The van der Waals surface area contributed by atoms with Gasteiger partial charge in [-0.15, -0.1) is 0 Å². The number of carboxylic acid groups (broad SMARTS) is 1. The highest BCUT2D eigenvalue weighted by Crippen LogP contribution is 2.31. The number of rotatable bonds is 8. The number of halogens is 1. The lowest BCUT2D eigenvalue weighted by Crippen LogP contribution is -2.31. The van der Waals surface area contributed by atoms with Gasteiger partial charge in [-0.3, -0.25) is 0 Å². The van der Waals surface area contributed by atoms with Gasteiger partial charge in [0.15, 0.2) is 0 Å². The molecule has 1 fully saturated rings. The van der Waals surface area contributed by atoms with Gasteiger partial charge in [0.2, 0.25) is 0 Å². The van der Waals surface area contributed by atoms with Crippen LogP contribution in [0, 0.1) is 11.8 Å². The second-order valence-corrected chi connectivity index (χ2v) is 8.88. The van der Waals surface area contributed by atoms with Crippen molar-refractivity contribution in [2.45, 2.75) is 32.2 Å².